The molecule has 0 radical (unpaired) electrons. The number of hydrogen-bond donors (Lipinski definition) is 1. The molecule has 1 aromatic carbocycles. The zero-order valence-electron chi connectivity index (χ0n) is 10.1. The molecule has 2 aromatic rings. The van der Waals surface area contributed by atoms with Gasteiger partial charge in [0.05, 0.1) is 28.5 Å². The maximum atomic E-state index is 13.0. The molecular formula is C13H12FN3S. The highest BCUT2D eigenvalue weighted by Gasteiger charge is 2.07. The maximum absolute atomic E-state index is 13.0. The summed E-state index contributed by atoms with van der Waals surface area (Å²) in [5.41, 5.74) is 1.95. The second-order valence-corrected chi connectivity index (χ2v) is 5.18. The third-order valence-electron chi connectivity index (χ3n) is 2.54. The van der Waals surface area contributed by atoms with E-state index < -0.39 is 5.82 Å². The first-order valence-corrected chi connectivity index (χ1v) is 6.28. The first-order chi connectivity index (χ1) is 8.60. The van der Waals surface area contributed by atoms with Crippen molar-refractivity contribution in [1.82, 2.24) is 4.98 Å². The molecule has 18 heavy (non-hydrogen) atoms. The fourth-order valence-corrected chi connectivity index (χ4v) is 2.55. The molecule has 0 atom stereocenters. The molecule has 0 bridgehead atoms. The van der Waals surface area contributed by atoms with E-state index in [0.717, 1.165) is 15.6 Å². The lowest BCUT2D eigenvalue weighted by atomic mass is 10.2. The van der Waals surface area contributed by atoms with Crippen LogP contribution in [0.1, 0.15) is 21.1 Å². The molecule has 1 aromatic heterocycles. The number of aryl methyl sites for hydroxylation is 2. The van der Waals surface area contributed by atoms with Crippen molar-refractivity contribution >= 4 is 17.0 Å². The van der Waals surface area contributed by atoms with Crippen LogP contribution in [-0.2, 0) is 6.54 Å². The zero-order valence-corrected chi connectivity index (χ0v) is 10.9. The van der Waals surface area contributed by atoms with Crippen molar-refractivity contribution < 1.29 is 4.39 Å². The minimum atomic E-state index is -0.401. The summed E-state index contributed by atoms with van der Waals surface area (Å²) in [6.45, 7) is 4.51. The highest BCUT2D eigenvalue weighted by molar-refractivity contribution is 7.11. The molecule has 3 nitrogen and oxygen atoms in total. The van der Waals surface area contributed by atoms with Crippen molar-refractivity contribution in [3.63, 3.8) is 0 Å². The molecule has 0 saturated heterocycles. The fraction of sp³-hybridized carbons (Fsp3) is 0.231. The van der Waals surface area contributed by atoms with Gasteiger partial charge in [-0.15, -0.1) is 11.3 Å². The fourth-order valence-electron chi connectivity index (χ4n) is 1.68. The van der Waals surface area contributed by atoms with Crippen LogP contribution >= 0.6 is 11.3 Å². The summed E-state index contributed by atoms with van der Waals surface area (Å²) in [7, 11) is 0. The van der Waals surface area contributed by atoms with Gasteiger partial charge in [-0.2, -0.15) is 5.26 Å². The van der Waals surface area contributed by atoms with Gasteiger partial charge in [-0.3, -0.25) is 0 Å². The monoisotopic (exact) mass is 261 g/mol. The molecule has 2 rings (SSSR count). The van der Waals surface area contributed by atoms with Gasteiger partial charge >= 0.3 is 0 Å². The quantitative estimate of drug-likeness (QED) is 0.921. The van der Waals surface area contributed by atoms with Crippen LogP contribution < -0.4 is 5.32 Å². The first kappa shape index (κ1) is 12.5. The Morgan fingerprint density at radius 2 is 2.22 bits per heavy atom. The topological polar surface area (TPSA) is 48.7 Å². The van der Waals surface area contributed by atoms with Crippen LogP contribution in [0.4, 0.5) is 10.1 Å². The molecule has 1 N–H and O–H groups in total. The van der Waals surface area contributed by atoms with Crippen molar-refractivity contribution in [3.05, 3.63) is 45.2 Å². The summed E-state index contributed by atoms with van der Waals surface area (Å²) < 4.78 is 13.0. The van der Waals surface area contributed by atoms with Gasteiger partial charge in [0.25, 0.3) is 0 Å². The summed E-state index contributed by atoms with van der Waals surface area (Å²) in [5, 5.41) is 13.1. The molecular weight excluding hydrogens is 249 g/mol. The van der Waals surface area contributed by atoms with Crippen LogP contribution in [0.5, 0.6) is 0 Å². The van der Waals surface area contributed by atoms with E-state index in [4.69, 9.17) is 5.26 Å². The van der Waals surface area contributed by atoms with Crippen molar-refractivity contribution in [2.75, 3.05) is 5.32 Å². The number of nitriles is 1. The molecule has 0 saturated carbocycles. The van der Waals surface area contributed by atoms with Gasteiger partial charge in [0.15, 0.2) is 0 Å². The van der Waals surface area contributed by atoms with Crippen LogP contribution in [0.2, 0.25) is 0 Å². The van der Waals surface area contributed by atoms with E-state index in [9.17, 15) is 4.39 Å². The van der Waals surface area contributed by atoms with Gasteiger partial charge in [-0.05, 0) is 32.0 Å². The third kappa shape index (κ3) is 2.66. The molecule has 0 aliphatic heterocycles. The SMILES string of the molecule is Cc1nc(C)c(CNc2ccc(F)cc2C#N)s1. The Balaban J connectivity index is 2.16. The van der Waals surface area contributed by atoms with Crippen molar-refractivity contribution in [1.29, 1.82) is 5.26 Å². The summed E-state index contributed by atoms with van der Waals surface area (Å²) in [5.74, 6) is -0.401. The Kier molecular flexibility index (Phi) is 3.58. The predicted octanol–water partition coefficient (Wildman–Crippen LogP) is 3.38. The van der Waals surface area contributed by atoms with Gasteiger partial charge < -0.3 is 5.32 Å². The van der Waals surface area contributed by atoms with E-state index >= 15 is 0 Å². The molecule has 0 aliphatic rings. The van der Waals surface area contributed by atoms with Crippen LogP contribution in [0.3, 0.4) is 0 Å². The standard InChI is InChI=1S/C13H12FN3S/c1-8-13(18-9(2)17-8)7-16-12-4-3-11(14)5-10(12)6-15/h3-5,16H,7H2,1-2H3. The van der Waals surface area contributed by atoms with Crippen LogP contribution in [0.25, 0.3) is 0 Å². The number of thiazole rings is 1. The average Bonchev–Trinajstić information content (AvgIpc) is 2.66. The number of halogens is 1. The first-order valence-electron chi connectivity index (χ1n) is 5.46. The average molecular weight is 261 g/mol. The summed E-state index contributed by atoms with van der Waals surface area (Å²) in [6.07, 6.45) is 0. The van der Waals surface area contributed by atoms with Crippen LogP contribution in [0.15, 0.2) is 18.2 Å². The zero-order chi connectivity index (χ0) is 13.1. The molecule has 92 valence electrons. The Bertz CT molecular complexity index is 613. The lowest BCUT2D eigenvalue weighted by molar-refractivity contribution is 0.627. The van der Waals surface area contributed by atoms with Crippen LogP contribution in [-0.4, -0.2) is 4.98 Å². The molecule has 0 unspecified atom stereocenters. The second kappa shape index (κ2) is 5.15. The van der Waals surface area contributed by atoms with E-state index in [-0.39, 0.29) is 0 Å². The van der Waals surface area contributed by atoms with Crippen LogP contribution in [0, 0.1) is 31.0 Å². The summed E-state index contributed by atoms with van der Waals surface area (Å²) in [6, 6.07) is 6.13. The summed E-state index contributed by atoms with van der Waals surface area (Å²) >= 11 is 1.62. The lowest BCUT2D eigenvalue weighted by Crippen LogP contribution is -2.01. The van der Waals surface area contributed by atoms with Gasteiger partial charge in [0.2, 0.25) is 0 Å². The van der Waals surface area contributed by atoms with E-state index in [0.29, 0.717) is 17.8 Å². The van der Waals surface area contributed by atoms with E-state index in [1.165, 1.54) is 12.1 Å². The predicted molar refractivity (Wildman–Crippen MR) is 70.0 cm³/mol. The normalized spacial score (nSPS) is 10.1. The van der Waals surface area contributed by atoms with E-state index in [2.05, 4.69) is 10.3 Å². The highest BCUT2D eigenvalue weighted by atomic mass is 32.1. The Morgan fingerprint density at radius 1 is 1.44 bits per heavy atom. The molecule has 0 spiro atoms. The van der Waals surface area contributed by atoms with Crippen molar-refractivity contribution in [2.24, 2.45) is 0 Å². The minimum Gasteiger partial charge on any atom is -0.379 e. The number of anilines is 1. The smallest absolute Gasteiger partial charge is 0.124 e. The van der Waals surface area contributed by atoms with E-state index in [1.807, 2.05) is 19.9 Å². The number of nitrogens with one attached hydrogen (secondary N) is 1. The maximum Gasteiger partial charge on any atom is 0.124 e. The highest BCUT2D eigenvalue weighted by Crippen LogP contribution is 2.21. The molecule has 0 amide bonds. The molecule has 5 heteroatoms. The van der Waals surface area contributed by atoms with Gasteiger partial charge in [-0.25, -0.2) is 9.37 Å². The second-order valence-electron chi connectivity index (χ2n) is 3.90. The minimum absolute atomic E-state index is 0.314. The molecule has 0 fully saturated rings. The Labute approximate surface area is 109 Å². The molecule has 0 aliphatic carbocycles. The Morgan fingerprint density at radius 3 is 2.83 bits per heavy atom. The number of benzene rings is 1. The largest absolute Gasteiger partial charge is 0.379 e. The Hall–Kier alpha value is -1.93. The number of aromatic nitrogens is 1. The molecule has 1 heterocycles. The van der Waals surface area contributed by atoms with Crippen molar-refractivity contribution in [3.8, 4) is 6.07 Å². The van der Waals surface area contributed by atoms with Gasteiger partial charge in [-0.1, -0.05) is 0 Å². The lowest BCUT2D eigenvalue weighted by Gasteiger charge is -2.07. The summed E-state index contributed by atoms with van der Waals surface area (Å²) in [4.78, 5) is 5.46. The number of rotatable bonds is 3. The number of hydrogen-bond acceptors (Lipinski definition) is 4. The van der Waals surface area contributed by atoms with Gasteiger partial charge in [0.1, 0.15) is 11.9 Å². The van der Waals surface area contributed by atoms with Gasteiger partial charge in [0, 0.05) is 4.88 Å². The van der Waals surface area contributed by atoms with E-state index in [1.54, 1.807) is 17.4 Å². The van der Waals surface area contributed by atoms with Crippen molar-refractivity contribution in [2.45, 2.75) is 20.4 Å². The third-order valence-corrected chi connectivity index (χ3v) is 3.61. The number of nitrogens with zero attached hydrogens (tertiary/aromatic N) is 2.